The van der Waals surface area contributed by atoms with Crippen molar-refractivity contribution in [3.8, 4) is 10.4 Å². The molecule has 0 aliphatic carbocycles. The van der Waals surface area contributed by atoms with Crippen LogP contribution in [0.1, 0.15) is 41.1 Å². The van der Waals surface area contributed by atoms with Gasteiger partial charge in [0.15, 0.2) is 0 Å². The molecule has 1 aromatic heterocycles. The van der Waals surface area contributed by atoms with E-state index >= 15 is 0 Å². The van der Waals surface area contributed by atoms with Crippen LogP contribution >= 0.6 is 11.3 Å². The molecule has 0 saturated heterocycles. The van der Waals surface area contributed by atoms with Crippen molar-refractivity contribution < 1.29 is 14.3 Å². The van der Waals surface area contributed by atoms with Gasteiger partial charge < -0.3 is 4.74 Å². The molecule has 0 amide bonds. The Hall–Kier alpha value is -2.20. The Morgan fingerprint density at radius 2 is 2.00 bits per heavy atom. The second-order valence-corrected chi connectivity index (χ2v) is 7.18. The summed E-state index contributed by atoms with van der Waals surface area (Å²) >= 11 is 1.39. The number of methoxy groups -OCH3 is 1. The first-order valence-corrected chi connectivity index (χ1v) is 8.72. The van der Waals surface area contributed by atoms with Gasteiger partial charge in [-0.05, 0) is 54.2 Å². The van der Waals surface area contributed by atoms with Crippen LogP contribution in [0.5, 0.6) is 0 Å². The quantitative estimate of drug-likeness (QED) is 0.415. The van der Waals surface area contributed by atoms with E-state index in [9.17, 15) is 9.59 Å². The van der Waals surface area contributed by atoms with E-state index in [1.165, 1.54) is 18.4 Å². The van der Waals surface area contributed by atoms with Gasteiger partial charge in [0.2, 0.25) is 0 Å². The van der Waals surface area contributed by atoms with E-state index in [1.807, 2.05) is 37.3 Å². The first kappa shape index (κ1) is 18.1. The van der Waals surface area contributed by atoms with Crippen molar-refractivity contribution in [2.24, 2.45) is 5.92 Å². The molecule has 0 atom stereocenters. The van der Waals surface area contributed by atoms with Crippen LogP contribution in [0.25, 0.3) is 16.0 Å². The molecule has 0 radical (unpaired) electrons. The highest BCUT2D eigenvalue weighted by atomic mass is 32.1. The SMILES string of the molecule is COC(=O)c1ccc(-c2ccc(C)c(/C(C=O)=C\CC(C)C)c2)s1. The molecule has 4 heteroatoms. The van der Waals surface area contributed by atoms with E-state index in [-0.39, 0.29) is 5.97 Å². The second kappa shape index (κ2) is 8.06. The van der Waals surface area contributed by atoms with Crippen molar-refractivity contribution in [2.45, 2.75) is 27.2 Å². The lowest BCUT2D eigenvalue weighted by molar-refractivity contribution is -0.103. The maximum absolute atomic E-state index is 11.6. The molecule has 1 heterocycles. The van der Waals surface area contributed by atoms with Gasteiger partial charge in [0.25, 0.3) is 0 Å². The molecular weight excluding hydrogens is 320 g/mol. The zero-order valence-electron chi connectivity index (χ0n) is 14.5. The number of aldehydes is 1. The average molecular weight is 342 g/mol. The Balaban J connectivity index is 2.41. The van der Waals surface area contributed by atoms with Gasteiger partial charge in [0.05, 0.1) is 7.11 Å². The molecule has 0 unspecified atom stereocenters. The summed E-state index contributed by atoms with van der Waals surface area (Å²) < 4.78 is 4.75. The van der Waals surface area contributed by atoms with Crippen LogP contribution in [0.3, 0.4) is 0 Å². The summed E-state index contributed by atoms with van der Waals surface area (Å²) in [6.07, 6.45) is 3.78. The molecule has 0 saturated carbocycles. The molecule has 1 aromatic carbocycles. The fraction of sp³-hybridized carbons (Fsp3) is 0.300. The van der Waals surface area contributed by atoms with E-state index in [0.29, 0.717) is 16.4 Å². The molecule has 24 heavy (non-hydrogen) atoms. The third-order valence-corrected chi connectivity index (χ3v) is 4.88. The van der Waals surface area contributed by atoms with Crippen molar-refractivity contribution in [3.63, 3.8) is 0 Å². The molecule has 0 spiro atoms. The topological polar surface area (TPSA) is 43.4 Å². The molecule has 0 N–H and O–H groups in total. The molecule has 2 aromatic rings. The summed E-state index contributed by atoms with van der Waals surface area (Å²) in [6.45, 7) is 6.25. The van der Waals surface area contributed by atoms with Crippen LogP contribution in [0.2, 0.25) is 0 Å². The predicted molar refractivity (Wildman–Crippen MR) is 99.3 cm³/mol. The number of allylic oxidation sites excluding steroid dienone is 2. The van der Waals surface area contributed by atoms with Gasteiger partial charge in [-0.25, -0.2) is 4.79 Å². The molecule has 0 aliphatic rings. The van der Waals surface area contributed by atoms with E-state index in [0.717, 1.165) is 34.3 Å². The molecule has 2 rings (SSSR count). The van der Waals surface area contributed by atoms with E-state index in [2.05, 4.69) is 13.8 Å². The Morgan fingerprint density at radius 1 is 1.25 bits per heavy atom. The maximum Gasteiger partial charge on any atom is 0.348 e. The van der Waals surface area contributed by atoms with Crippen molar-refractivity contribution in [1.29, 1.82) is 0 Å². The van der Waals surface area contributed by atoms with Crippen molar-refractivity contribution in [3.05, 3.63) is 52.4 Å². The standard InChI is InChI=1S/C20H22O3S/c1-13(2)5-7-16(12-21)17-11-15(8-6-14(17)3)18-9-10-19(24-18)20(22)23-4/h6-13H,5H2,1-4H3/b16-7-. The van der Waals surface area contributed by atoms with Gasteiger partial charge in [0.1, 0.15) is 11.2 Å². The molecule has 0 bridgehead atoms. The highest BCUT2D eigenvalue weighted by Gasteiger charge is 2.12. The summed E-state index contributed by atoms with van der Waals surface area (Å²) in [5.41, 5.74) is 3.71. The summed E-state index contributed by atoms with van der Waals surface area (Å²) in [6, 6.07) is 9.71. The molecule has 126 valence electrons. The minimum Gasteiger partial charge on any atom is -0.465 e. The van der Waals surface area contributed by atoms with Crippen LogP contribution in [-0.4, -0.2) is 19.4 Å². The predicted octanol–water partition coefficient (Wildman–Crippen LogP) is 5.14. The minimum atomic E-state index is -0.330. The highest BCUT2D eigenvalue weighted by Crippen LogP contribution is 2.31. The van der Waals surface area contributed by atoms with Crippen molar-refractivity contribution >= 4 is 29.2 Å². The van der Waals surface area contributed by atoms with Crippen molar-refractivity contribution in [2.75, 3.05) is 7.11 Å². The van der Waals surface area contributed by atoms with Gasteiger partial charge in [-0.1, -0.05) is 32.1 Å². The van der Waals surface area contributed by atoms with Crippen molar-refractivity contribution in [1.82, 2.24) is 0 Å². The summed E-state index contributed by atoms with van der Waals surface area (Å²) in [4.78, 5) is 24.7. The van der Waals surface area contributed by atoms with Gasteiger partial charge >= 0.3 is 5.97 Å². The number of thiophene rings is 1. The largest absolute Gasteiger partial charge is 0.465 e. The zero-order chi connectivity index (χ0) is 17.7. The third kappa shape index (κ3) is 4.20. The lowest BCUT2D eigenvalue weighted by Crippen LogP contribution is -1.96. The van der Waals surface area contributed by atoms with Crippen LogP contribution in [0, 0.1) is 12.8 Å². The number of esters is 1. The zero-order valence-corrected chi connectivity index (χ0v) is 15.3. The lowest BCUT2D eigenvalue weighted by Gasteiger charge is -2.09. The Morgan fingerprint density at radius 3 is 2.62 bits per heavy atom. The number of rotatable bonds is 6. The Bertz CT molecular complexity index is 769. The number of carbonyl (C=O) groups is 2. The Kier molecular flexibility index (Phi) is 6.10. The Labute approximate surface area is 147 Å². The first-order valence-electron chi connectivity index (χ1n) is 7.91. The molecule has 3 nitrogen and oxygen atoms in total. The van der Waals surface area contributed by atoms with E-state index in [1.54, 1.807) is 6.07 Å². The first-order chi connectivity index (χ1) is 11.5. The van der Waals surface area contributed by atoms with Gasteiger partial charge in [0, 0.05) is 10.5 Å². The van der Waals surface area contributed by atoms with Crippen LogP contribution in [-0.2, 0) is 9.53 Å². The third-order valence-electron chi connectivity index (χ3n) is 3.76. The van der Waals surface area contributed by atoms with Gasteiger partial charge in [-0.2, -0.15) is 0 Å². The number of aryl methyl sites for hydroxylation is 1. The maximum atomic E-state index is 11.6. The number of hydrogen-bond donors (Lipinski definition) is 0. The van der Waals surface area contributed by atoms with Crippen LogP contribution < -0.4 is 0 Å². The monoisotopic (exact) mass is 342 g/mol. The number of carbonyl (C=O) groups excluding carboxylic acids is 2. The number of ether oxygens (including phenoxy) is 1. The summed E-state index contributed by atoms with van der Waals surface area (Å²) in [5, 5.41) is 0. The lowest BCUT2D eigenvalue weighted by atomic mass is 9.96. The normalized spacial score (nSPS) is 11.6. The van der Waals surface area contributed by atoms with E-state index in [4.69, 9.17) is 4.74 Å². The molecule has 0 fully saturated rings. The fourth-order valence-electron chi connectivity index (χ4n) is 2.37. The number of benzene rings is 1. The van der Waals surface area contributed by atoms with Crippen LogP contribution in [0.15, 0.2) is 36.4 Å². The highest BCUT2D eigenvalue weighted by molar-refractivity contribution is 7.17. The molecule has 0 aliphatic heterocycles. The minimum absolute atomic E-state index is 0.330. The summed E-state index contributed by atoms with van der Waals surface area (Å²) in [7, 11) is 1.38. The second-order valence-electron chi connectivity index (χ2n) is 6.09. The van der Waals surface area contributed by atoms with E-state index < -0.39 is 0 Å². The molecular formula is C20H22O3S. The number of hydrogen-bond acceptors (Lipinski definition) is 4. The van der Waals surface area contributed by atoms with Gasteiger partial charge in [-0.15, -0.1) is 11.3 Å². The summed E-state index contributed by atoms with van der Waals surface area (Å²) in [5.74, 6) is 0.173. The van der Waals surface area contributed by atoms with Crippen LogP contribution in [0.4, 0.5) is 0 Å². The smallest absolute Gasteiger partial charge is 0.348 e. The average Bonchev–Trinajstić information content (AvgIpc) is 3.06. The fourth-order valence-corrected chi connectivity index (χ4v) is 3.29. The van der Waals surface area contributed by atoms with Gasteiger partial charge in [-0.3, -0.25) is 4.79 Å².